The Labute approximate surface area is 198 Å². The van der Waals surface area contributed by atoms with E-state index in [1.807, 2.05) is 6.07 Å². The smallest absolute Gasteiger partial charge is 0.387 e. The fourth-order valence-electron chi connectivity index (χ4n) is 4.59. The van der Waals surface area contributed by atoms with Crippen LogP contribution in [0.25, 0.3) is 11.1 Å². The van der Waals surface area contributed by atoms with Gasteiger partial charge in [-0.1, -0.05) is 51.1 Å². The molecule has 0 unspecified atom stereocenters. The van der Waals surface area contributed by atoms with Crippen LogP contribution in [-0.4, -0.2) is 6.61 Å². The van der Waals surface area contributed by atoms with Gasteiger partial charge in [-0.15, -0.1) is 0 Å². The zero-order chi connectivity index (χ0) is 23.4. The molecular formula is C28H30F4O2. The van der Waals surface area contributed by atoms with Crippen molar-refractivity contribution in [2.45, 2.75) is 59.0 Å². The van der Waals surface area contributed by atoms with Crippen LogP contribution in [0.3, 0.4) is 0 Å². The molecule has 0 saturated heterocycles. The van der Waals surface area contributed by atoms with Crippen molar-refractivity contribution in [3.8, 4) is 28.4 Å². The first kappa shape index (κ1) is 25.6. The van der Waals surface area contributed by atoms with Gasteiger partial charge >= 0.3 is 6.61 Å². The van der Waals surface area contributed by atoms with E-state index in [9.17, 15) is 8.78 Å². The molecule has 0 N–H and O–H groups in total. The average molecular weight is 475 g/mol. The van der Waals surface area contributed by atoms with E-state index in [2.05, 4.69) is 11.7 Å². The van der Waals surface area contributed by atoms with Gasteiger partial charge in [-0.3, -0.25) is 0 Å². The SMILES string of the molecule is C.CC[C@H]1CC[C@H](c2c(F)cc(-c3ccccc3)c(Oc3ccc(OC(F)F)cc3)c2F)CC1. The third-order valence-electron chi connectivity index (χ3n) is 6.39. The van der Waals surface area contributed by atoms with Gasteiger partial charge in [-0.25, -0.2) is 8.78 Å². The number of rotatable bonds is 7. The summed E-state index contributed by atoms with van der Waals surface area (Å²) in [5, 5.41) is 0. The summed E-state index contributed by atoms with van der Waals surface area (Å²) < 4.78 is 66.3. The van der Waals surface area contributed by atoms with Gasteiger partial charge in [0.15, 0.2) is 11.6 Å². The lowest BCUT2D eigenvalue weighted by molar-refractivity contribution is -0.0498. The second kappa shape index (κ2) is 11.4. The second-order valence-corrected chi connectivity index (χ2v) is 8.41. The predicted molar refractivity (Wildman–Crippen MR) is 127 cm³/mol. The molecule has 6 heteroatoms. The van der Waals surface area contributed by atoms with Crippen LogP contribution < -0.4 is 9.47 Å². The minimum Gasteiger partial charge on any atom is -0.454 e. The van der Waals surface area contributed by atoms with Gasteiger partial charge in [-0.05, 0) is 73.4 Å². The third kappa shape index (κ3) is 5.72. The van der Waals surface area contributed by atoms with Crippen molar-refractivity contribution in [3.63, 3.8) is 0 Å². The summed E-state index contributed by atoms with van der Waals surface area (Å²) in [6.45, 7) is -0.800. The Bertz CT molecular complexity index is 1060. The standard InChI is InChI=1S/C27H26F4O2.CH4/c1-2-17-8-10-19(11-9-17)24-23(28)16-22(18-6-4-3-5-7-18)26(25(24)29)32-20-12-14-21(15-13-20)33-27(30)31;/h3-7,12-17,19,27H,2,8-11H2,1H3;1H4/t17-,19-;. The van der Waals surface area contributed by atoms with Gasteiger partial charge in [0, 0.05) is 11.1 Å². The lowest BCUT2D eigenvalue weighted by Crippen LogP contribution is -2.15. The Morgan fingerprint density at radius 2 is 1.50 bits per heavy atom. The summed E-state index contributed by atoms with van der Waals surface area (Å²) in [7, 11) is 0. The third-order valence-corrected chi connectivity index (χ3v) is 6.39. The first-order valence-electron chi connectivity index (χ1n) is 11.3. The van der Waals surface area contributed by atoms with Crippen molar-refractivity contribution < 1.29 is 27.0 Å². The summed E-state index contributed by atoms with van der Waals surface area (Å²) in [5.41, 5.74) is 0.977. The minimum absolute atomic E-state index is 0. The maximum atomic E-state index is 15.9. The topological polar surface area (TPSA) is 18.5 Å². The molecule has 0 bridgehead atoms. The van der Waals surface area contributed by atoms with Crippen LogP contribution in [0.15, 0.2) is 60.7 Å². The second-order valence-electron chi connectivity index (χ2n) is 8.41. The lowest BCUT2D eigenvalue weighted by Gasteiger charge is -2.29. The summed E-state index contributed by atoms with van der Waals surface area (Å²) >= 11 is 0. The van der Waals surface area contributed by atoms with E-state index >= 15 is 8.78 Å². The molecule has 0 amide bonds. The first-order valence-corrected chi connectivity index (χ1v) is 11.3. The summed E-state index contributed by atoms with van der Waals surface area (Å²) in [5.74, 6) is -0.755. The molecule has 0 spiro atoms. The molecule has 3 aromatic rings. The van der Waals surface area contributed by atoms with Crippen molar-refractivity contribution in [2.75, 3.05) is 0 Å². The summed E-state index contributed by atoms with van der Waals surface area (Å²) in [6.07, 6.45) is 4.43. The molecule has 1 fully saturated rings. The quantitative estimate of drug-likeness (QED) is 0.318. The highest BCUT2D eigenvalue weighted by atomic mass is 19.3. The molecule has 1 aliphatic carbocycles. The van der Waals surface area contributed by atoms with Gasteiger partial charge in [0.25, 0.3) is 0 Å². The van der Waals surface area contributed by atoms with E-state index in [4.69, 9.17) is 4.74 Å². The molecule has 0 aliphatic heterocycles. The van der Waals surface area contributed by atoms with Crippen molar-refractivity contribution in [1.29, 1.82) is 0 Å². The van der Waals surface area contributed by atoms with Gasteiger partial charge in [0.1, 0.15) is 17.3 Å². The Morgan fingerprint density at radius 1 is 0.882 bits per heavy atom. The molecule has 0 aromatic heterocycles. The Hall–Kier alpha value is -3.02. The van der Waals surface area contributed by atoms with E-state index in [1.165, 1.54) is 30.3 Å². The average Bonchev–Trinajstić information content (AvgIpc) is 2.82. The number of hydrogen-bond donors (Lipinski definition) is 0. The van der Waals surface area contributed by atoms with Crippen LogP contribution in [-0.2, 0) is 0 Å². The number of alkyl halides is 2. The normalized spacial score (nSPS) is 17.8. The molecule has 182 valence electrons. The van der Waals surface area contributed by atoms with Crippen LogP contribution in [0.2, 0.25) is 0 Å². The fourth-order valence-corrected chi connectivity index (χ4v) is 4.59. The highest BCUT2D eigenvalue weighted by Gasteiger charge is 2.30. The Kier molecular flexibility index (Phi) is 8.59. The molecule has 4 rings (SSSR count). The van der Waals surface area contributed by atoms with Gasteiger partial charge in [0.2, 0.25) is 0 Å². The zero-order valence-electron chi connectivity index (χ0n) is 18.4. The van der Waals surface area contributed by atoms with Crippen LogP contribution in [0.4, 0.5) is 17.6 Å². The van der Waals surface area contributed by atoms with E-state index in [0.29, 0.717) is 17.0 Å². The molecule has 34 heavy (non-hydrogen) atoms. The maximum Gasteiger partial charge on any atom is 0.387 e. The molecule has 1 saturated carbocycles. The highest BCUT2D eigenvalue weighted by molar-refractivity contribution is 5.72. The Morgan fingerprint density at radius 3 is 2.09 bits per heavy atom. The van der Waals surface area contributed by atoms with Gasteiger partial charge < -0.3 is 9.47 Å². The molecule has 0 heterocycles. The maximum absolute atomic E-state index is 15.9. The van der Waals surface area contributed by atoms with Gasteiger partial charge in [-0.2, -0.15) is 8.78 Å². The fraction of sp³-hybridized carbons (Fsp3) is 0.357. The molecule has 0 radical (unpaired) electrons. The van der Waals surface area contributed by atoms with Crippen molar-refractivity contribution in [1.82, 2.24) is 0 Å². The number of ether oxygens (including phenoxy) is 2. The number of hydrogen-bond acceptors (Lipinski definition) is 2. The monoisotopic (exact) mass is 474 g/mol. The molecule has 0 atom stereocenters. The molecular weight excluding hydrogens is 444 g/mol. The largest absolute Gasteiger partial charge is 0.454 e. The van der Waals surface area contributed by atoms with Crippen molar-refractivity contribution in [2.24, 2.45) is 5.92 Å². The van der Waals surface area contributed by atoms with E-state index in [1.54, 1.807) is 24.3 Å². The molecule has 3 aromatic carbocycles. The number of benzene rings is 3. The minimum atomic E-state index is -2.94. The molecule has 2 nitrogen and oxygen atoms in total. The van der Waals surface area contributed by atoms with Crippen LogP contribution >= 0.6 is 0 Å². The number of halogens is 4. The predicted octanol–water partition coefficient (Wildman–Crippen LogP) is 9.35. The van der Waals surface area contributed by atoms with Crippen LogP contribution in [0.1, 0.15) is 57.9 Å². The molecule has 1 aliphatic rings. The van der Waals surface area contributed by atoms with E-state index < -0.39 is 18.2 Å². The highest BCUT2D eigenvalue weighted by Crippen LogP contribution is 2.45. The van der Waals surface area contributed by atoms with Crippen molar-refractivity contribution in [3.05, 3.63) is 77.9 Å². The van der Waals surface area contributed by atoms with Gasteiger partial charge in [0.05, 0.1) is 0 Å². The van der Waals surface area contributed by atoms with Crippen LogP contribution in [0.5, 0.6) is 17.2 Å². The van der Waals surface area contributed by atoms with Crippen LogP contribution in [0, 0.1) is 17.6 Å². The van der Waals surface area contributed by atoms with E-state index in [-0.39, 0.29) is 36.2 Å². The van der Waals surface area contributed by atoms with Crippen molar-refractivity contribution >= 4 is 0 Å². The van der Waals surface area contributed by atoms with E-state index in [0.717, 1.165) is 32.1 Å². The summed E-state index contributed by atoms with van der Waals surface area (Å²) in [6, 6.07) is 15.7. The summed E-state index contributed by atoms with van der Waals surface area (Å²) in [4.78, 5) is 0. The zero-order valence-corrected chi connectivity index (χ0v) is 18.4. The Balaban J connectivity index is 0.00000324. The lowest BCUT2D eigenvalue weighted by atomic mass is 9.77. The first-order chi connectivity index (χ1) is 16.0.